The Morgan fingerprint density at radius 3 is 2.00 bits per heavy atom. The standard InChI is InChI=1S/C18H19N3O2/c1-13-3-5-15(6-4-13)11-12-19-18(23)21-17-9-7-16(8-10-17)20-14(2)22/h3-12H,1-2H3,(H,20,22)(H2,19,21,23)/b12-11+. The van der Waals surface area contributed by atoms with Gasteiger partial charge in [-0.1, -0.05) is 29.8 Å². The minimum atomic E-state index is -0.333. The number of urea groups is 1. The smallest absolute Gasteiger partial charge is 0.323 e. The molecule has 0 aliphatic heterocycles. The Morgan fingerprint density at radius 2 is 1.43 bits per heavy atom. The predicted octanol–water partition coefficient (Wildman–Crippen LogP) is 3.75. The highest BCUT2D eigenvalue weighted by atomic mass is 16.2. The lowest BCUT2D eigenvalue weighted by Gasteiger charge is -2.06. The van der Waals surface area contributed by atoms with E-state index >= 15 is 0 Å². The molecule has 5 heteroatoms. The molecular formula is C18H19N3O2. The zero-order chi connectivity index (χ0) is 16.7. The van der Waals surface area contributed by atoms with Crippen LogP contribution >= 0.6 is 0 Å². The lowest BCUT2D eigenvalue weighted by Crippen LogP contribution is -2.23. The summed E-state index contributed by atoms with van der Waals surface area (Å²) in [5.74, 6) is -0.135. The third-order valence-corrected chi connectivity index (χ3v) is 3.03. The van der Waals surface area contributed by atoms with Crippen molar-refractivity contribution in [2.45, 2.75) is 13.8 Å². The van der Waals surface area contributed by atoms with E-state index in [-0.39, 0.29) is 11.9 Å². The third-order valence-electron chi connectivity index (χ3n) is 3.03. The second-order valence-electron chi connectivity index (χ2n) is 5.10. The summed E-state index contributed by atoms with van der Waals surface area (Å²) in [5, 5.41) is 8.01. The fraction of sp³-hybridized carbons (Fsp3) is 0.111. The van der Waals surface area contributed by atoms with E-state index in [0.29, 0.717) is 11.4 Å². The van der Waals surface area contributed by atoms with Crippen molar-refractivity contribution in [3.05, 3.63) is 65.9 Å². The first-order chi connectivity index (χ1) is 11.0. The van der Waals surface area contributed by atoms with Crippen molar-refractivity contribution in [1.29, 1.82) is 0 Å². The second kappa shape index (κ2) is 7.79. The van der Waals surface area contributed by atoms with Gasteiger partial charge in [-0.3, -0.25) is 4.79 Å². The molecule has 5 nitrogen and oxygen atoms in total. The summed E-state index contributed by atoms with van der Waals surface area (Å²) >= 11 is 0. The highest BCUT2D eigenvalue weighted by Crippen LogP contribution is 2.13. The average molecular weight is 309 g/mol. The van der Waals surface area contributed by atoms with Crippen molar-refractivity contribution in [3.63, 3.8) is 0 Å². The molecule has 0 spiro atoms. The molecular weight excluding hydrogens is 290 g/mol. The number of carbonyl (C=O) groups is 2. The number of anilines is 2. The Hall–Kier alpha value is -3.08. The highest BCUT2D eigenvalue weighted by molar-refractivity contribution is 5.91. The molecule has 0 bridgehead atoms. The molecule has 2 aromatic rings. The predicted molar refractivity (Wildman–Crippen MR) is 93.1 cm³/mol. The number of carbonyl (C=O) groups excluding carboxylic acids is 2. The maximum absolute atomic E-state index is 11.8. The van der Waals surface area contributed by atoms with Crippen molar-refractivity contribution in [2.24, 2.45) is 0 Å². The van der Waals surface area contributed by atoms with Crippen LogP contribution in [0.25, 0.3) is 6.08 Å². The van der Waals surface area contributed by atoms with Gasteiger partial charge in [0.25, 0.3) is 0 Å². The van der Waals surface area contributed by atoms with E-state index in [1.807, 2.05) is 37.3 Å². The SMILES string of the molecule is CC(=O)Nc1ccc(NC(=O)N/C=C/c2ccc(C)cc2)cc1. The quantitative estimate of drug-likeness (QED) is 0.805. The van der Waals surface area contributed by atoms with Crippen LogP contribution in [-0.4, -0.2) is 11.9 Å². The summed E-state index contributed by atoms with van der Waals surface area (Å²) < 4.78 is 0. The van der Waals surface area contributed by atoms with Gasteiger partial charge in [-0.05, 0) is 42.8 Å². The maximum Gasteiger partial charge on any atom is 0.323 e. The fourth-order valence-electron chi connectivity index (χ4n) is 1.90. The first-order valence-electron chi connectivity index (χ1n) is 7.21. The molecule has 3 N–H and O–H groups in total. The molecule has 0 aliphatic rings. The molecule has 0 atom stereocenters. The van der Waals surface area contributed by atoms with E-state index in [9.17, 15) is 9.59 Å². The Kier molecular flexibility index (Phi) is 5.52. The summed E-state index contributed by atoms with van der Waals surface area (Å²) in [7, 11) is 0. The second-order valence-corrected chi connectivity index (χ2v) is 5.10. The van der Waals surface area contributed by atoms with Crippen LogP contribution in [0.5, 0.6) is 0 Å². The van der Waals surface area contributed by atoms with Crippen molar-refractivity contribution < 1.29 is 9.59 Å². The fourth-order valence-corrected chi connectivity index (χ4v) is 1.90. The number of benzene rings is 2. The van der Waals surface area contributed by atoms with Crippen molar-refractivity contribution in [2.75, 3.05) is 10.6 Å². The van der Waals surface area contributed by atoms with Crippen LogP contribution in [0.4, 0.5) is 16.2 Å². The minimum Gasteiger partial charge on any atom is -0.326 e. The molecule has 0 saturated heterocycles. The van der Waals surface area contributed by atoms with Crippen molar-refractivity contribution in [1.82, 2.24) is 5.32 Å². The molecule has 0 fully saturated rings. The molecule has 2 aromatic carbocycles. The van der Waals surface area contributed by atoms with Gasteiger partial charge in [0.1, 0.15) is 0 Å². The summed E-state index contributed by atoms with van der Waals surface area (Å²) in [6, 6.07) is 14.5. The first-order valence-corrected chi connectivity index (χ1v) is 7.21. The van der Waals surface area contributed by atoms with E-state index in [2.05, 4.69) is 16.0 Å². The first kappa shape index (κ1) is 16.3. The lowest BCUT2D eigenvalue weighted by atomic mass is 10.1. The molecule has 0 aromatic heterocycles. The average Bonchev–Trinajstić information content (AvgIpc) is 2.51. The molecule has 0 radical (unpaired) electrons. The highest BCUT2D eigenvalue weighted by Gasteiger charge is 2.00. The Labute approximate surface area is 135 Å². The molecule has 0 saturated carbocycles. The summed E-state index contributed by atoms with van der Waals surface area (Å²) in [4.78, 5) is 22.7. The molecule has 3 amide bonds. The van der Waals surface area contributed by atoms with Crippen molar-refractivity contribution >= 4 is 29.4 Å². The van der Waals surface area contributed by atoms with Gasteiger partial charge < -0.3 is 16.0 Å². The molecule has 0 aliphatic carbocycles. The topological polar surface area (TPSA) is 70.2 Å². The number of nitrogens with one attached hydrogen (secondary N) is 3. The lowest BCUT2D eigenvalue weighted by molar-refractivity contribution is -0.114. The zero-order valence-corrected chi connectivity index (χ0v) is 13.1. The van der Waals surface area contributed by atoms with Crippen LogP contribution in [-0.2, 0) is 4.79 Å². The van der Waals surface area contributed by atoms with E-state index in [1.54, 1.807) is 30.5 Å². The largest absolute Gasteiger partial charge is 0.326 e. The van der Waals surface area contributed by atoms with Crippen molar-refractivity contribution in [3.8, 4) is 0 Å². The van der Waals surface area contributed by atoms with Crippen LogP contribution < -0.4 is 16.0 Å². The summed E-state index contributed by atoms with van der Waals surface area (Å²) in [6.45, 7) is 3.47. The van der Waals surface area contributed by atoms with Gasteiger partial charge in [0.15, 0.2) is 0 Å². The van der Waals surface area contributed by atoms with E-state index in [0.717, 1.165) is 5.56 Å². The normalized spacial score (nSPS) is 10.3. The number of amides is 3. The van der Waals surface area contributed by atoms with Gasteiger partial charge in [0, 0.05) is 24.5 Å². The molecule has 0 unspecified atom stereocenters. The van der Waals surface area contributed by atoms with E-state index in [4.69, 9.17) is 0 Å². The summed E-state index contributed by atoms with van der Waals surface area (Å²) in [5.41, 5.74) is 3.52. The summed E-state index contributed by atoms with van der Waals surface area (Å²) in [6.07, 6.45) is 3.41. The molecule has 2 rings (SSSR count). The Balaban J connectivity index is 1.84. The maximum atomic E-state index is 11.8. The van der Waals surface area contributed by atoms with Gasteiger partial charge in [-0.15, -0.1) is 0 Å². The van der Waals surface area contributed by atoms with Gasteiger partial charge in [-0.2, -0.15) is 0 Å². The Bertz CT molecular complexity index is 704. The monoisotopic (exact) mass is 309 g/mol. The van der Waals surface area contributed by atoms with Gasteiger partial charge in [-0.25, -0.2) is 4.79 Å². The van der Waals surface area contributed by atoms with Crippen LogP contribution in [0.2, 0.25) is 0 Å². The molecule has 0 heterocycles. The number of hydrogen-bond donors (Lipinski definition) is 3. The number of hydrogen-bond acceptors (Lipinski definition) is 2. The van der Waals surface area contributed by atoms with Crippen LogP contribution in [0.15, 0.2) is 54.7 Å². The minimum absolute atomic E-state index is 0.135. The molecule has 23 heavy (non-hydrogen) atoms. The van der Waals surface area contributed by atoms with E-state index in [1.165, 1.54) is 12.5 Å². The van der Waals surface area contributed by atoms with Gasteiger partial charge in [0.05, 0.1) is 0 Å². The zero-order valence-electron chi connectivity index (χ0n) is 13.1. The van der Waals surface area contributed by atoms with Gasteiger partial charge in [0.2, 0.25) is 5.91 Å². The number of aryl methyl sites for hydroxylation is 1. The van der Waals surface area contributed by atoms with Crippen LogP contribution in [0.1, 0.15) is 18.1 Å². The number of rotatable bonds is 4. The third kappa shape index (κ3) is 5.67. The Morgan fingerprint density at radius 1 is 0.870 bits per heavy atom. The van der Waals surface area contributed by atoms with Crippen LogP contribution in [0, 0.1) is 6.92 Å². The van der Waals surface area contributed by atoms with E-state index < -0.39 is 0 Å². The van der Waals surface area contributed by atoms with Gasteiger partial charge >= 0.3 is 6.03 Å². The molecule has 118 valence electrons. The van der Waals surface area contributed by atoms with Crippen LogP contribution in [0.3, 0.4) is 0 Å².